The number of nitro groups is 2. The van der Waals surface area contributed by atoms with Crippen LogP contribution in [-0.4, -0.2) is 9.85 Å². The van der Waals surface area contributed by atoms with E-state index in [0.29, 0.717) is 0 Å². The summed E-state index contributed by atoms with van der Waals surface area (Å²) < 4.78 is 0. The minimum atomic E-state index is -1.95. The number of hydrogen-bond acceptors (Lipinski definition) is 5. The Labute approximate surface area is 78.4 Å². The predicted molar refractivity (Wildman–Crippen MR) is 47.6 cm³/mol. The van der Waals surface area contributed by atoms with Gasteiger partial charge in [-0.1, -0.05) is 6.07 Å². The summed E-state index contributed by atoms with van der Waals surface area (Å²) >= 11 is 0. The van der Waals surface area contributed by atoms with E-state index >= 15 is 0 Å². The van der Waals surface area contributed by atoms with Crippen LogP contribution in [0.15, 0.2) is 24.3 Å². The zero-order valence-electron chi connectivity index (χ0n) is 6.99. The van der Waals surface area contributed by atoms with Crippen LogP contribution in [-0.2, 0) is 0 Å². The molecule has 0 radical (unpaired) electrons. The van der Waals surface area contributed by atoms with Crippen LogP contribution in [0.25, 0.3) is 0 Å². The Bertz CT molecular complexity index is 365. The summed E-state index contributed by atoms with van der Waals surface area (Å²) in [5.74, 6) is 0. The van der Waals surface area contributed by atoms with Gasteiger partial charge in [-0.15, -0.1) is 0 Å². The number of hydrogen-bond donors (Lipinski definition) is 1. The zero-order chi connectivity index (χ0) is 10.7. The highest BCUT2D eigenvalue weighted by Crippen LogP contribution is 2.18. The highest BCUT2D eigenvalue weighted by atomic mass is 16.7. The number of benzene rings is 1. The molecule has 0 saturated carbocycles. The van der Waals surface area contributed by atoms with E-state index < -0.39 is 16.0 Å². The molecule has 0 amide bonds. The molecule has 0 unspecified atom stereocenters. The van der Waals surface area contributed by atoms with Crippen molar-refractivity contribution in [2.75, 3.05) is 5.73 Å². The third-order valence-electron chi connectivity index (χ3n) is 1.61. The molecule has 1 aromatic carbocycles. The minimum absolute atomic E-state index is 0.0278. The average molecular weight is 197 g/mol. The lowest BCUT2D eigenvalue weighted by Crippen LogP contribution is -2.19. The number of anilines is 1. The van der Waals surface area contributed by atoms with Crippen LogP contribution in [0, 0.1) is 20.2 Å². The molecule has 0 aliphatic heterocycles. The van der Waals surface area contributed by atoms with E-state index in [1.807, 2.05) is 0 Å². The van der Waals surface area contributed by atoms with Gasteiger partial charge < -0.3 is 5.73 Å². The number of nitrogens with zero attached hydrogens (tertiary/aromatic N) is 2. The Morgan fingerprint density at radius 3 is 2.21 bits per heavy atom. The second kappa shape index (κ2) is 3.69. The Morgan fingerprint density at radius 1 is 1.21 bits per heavy atom. The van der Waals surface area contributed by atoms with Gasteiger partial charge in [0.25, 0.3) is 0 Å². The fourth-order valence-corrected chi connectivity index (χ4v) is 1.04. The second-order valence-electron chi connectivity index (χ2n) is 2.61. The molecule has 0 aliphatic carbocycles. The monoisotopic (exact) mass is 197 g/mol. The van der Waals surface area contributed by atoms with Crippen LogP contribution in [0.1, 0.15) is 11.7 Å². The van der Waals surface area contributed by atoms with Crippen molar-refractivity contribution in [1.82, 2.24) is 0 Å². The van der Waals surface area contributed by atoms with E-state index in [1.165, 1.54) is 24.3 Å². The molecule has 7 nitrogen and oxygen atoms in total. The van der Waals surface area contributed by atoms with E-state index in [9.17, 15) is 20.2 Å². The van der Waals surface area contributed by atoms with Gasteiger partial charge >= 0.3 is 6.17 Å². The van der Waals surface area contributed by atoms with Crippen molar-refractivity contribution in [1.29, 1.82) is 0 Å². The summed E-state index contributed by atoms with van der Waals surface area (Å²) in [5, 5.41) is 20.8. The van der Waals surface area contributed by atoms with E-state index in [1.54, 1.807) is 0 Å². The van der Waals surface area contributed by atoms with Crippen molar-refractivity contribution < 1.29 is 9.85 Å². The molecule has 74 valence electrons. The Kier molecular flexibility index (Phi) is 2.61. The molecular formula is C7H7N3O4. The van der Waals surface area contributed by atoms with Crippen molar-refractivity contribution in [3.63, 3.8) is 0 Å². The normalized spacial score (nSPS) is 10.1. The summed E-state index contributed by atoms with van der Waals surface area (Å²) in [5.41, 5.74) is 5.58. The molecule has 0 saturated heterocycles. The standard InChI is InChI=1S/C7H7N3O4/c8-6-3-1-2-5(4-6)7(9(11)12)10(13)14/h1-4,7H,8H2. The Balaban J connectivity index is 3.12. The zero-order valence-corrected chi connectivity index (χ0v) is 6.99. The van der Waals surface area contributed by atoms with Gasteiger partial charge in [-0.05, 0) is 18.2 Å². The fraction of sp³-hybridized carbons (Fsp3) is 0.143. The summed E-state index contributed by atoms with van der Waals surface area (Å²) in [7, 11) is 0. The van der Waals surface area contributed by atoms with Gasteiger partial charge in [-0.2, -0.15) is 0 Å². The maximum atomic E-state index is 10.4. The molecule has 14 heavy (non-hydrogen) atoms. The summed E-state index contributed by atoms with van der Waals surface area (Å²) in [6, 6.07) is 5.45. The van der Waals surface area contributed by atoms with Gasteiger partial charge in [0, 0.05) is 5.69 Å². The topological polar surface area (TPSA) is 112 Å². The quantitative estimate of drug-likeness (QED) is 0.333. The molecule has 0 fully saturated rings. The lowest BCUT2D eigenvalue weighted by atomic mass is 10.1. The molecule has 7 heteroatoms. The molecule has 2 N–H and O–H groups in total. The molecule has 0 spiro atoms. The fourth-order valence-electron chi connectivity index (χ4n) is 1.04. The van der Waals surface area contributed by atoms with Gasteiger partial charge in [-0.25, -0.2) is 0 Å². The van der Waals surface area contributed by atoms with Crippen LogP contribution < -0.4 is 5.73 Å². The van der Waals surface area contributed by atoms with Gasteiger partial charge in [0.05, 0.1) is 0 Å². The number of nitrogens with two attached hydrogens (primary N) is 1. The highest BCUT2D eigenvalue weighted by molar-refractivity contribution is 5.40. The van der Waals surface area contributed by atoms with E-state index in [4.69, 9.17) is 5.73 Å². The first-order valence-electron chi connectivity index (χ1n) is 3.65. The summed E-state index contributed by atoms with van der Waals surface area (Å²) in [6.45, 7) is 0. The van der Waals surface area contributed by atoms with Gasteiger partial charge in [-0.3, -0.25) is 20.2 Å². The Morgan fingerprint density at radius 2 is 1.79 bits per heavy atom. The summed E-state index contributed by atoms with van der Waals surface area (Å²) in [4.78, 5) is 18.8. The van der Waals surface area contributed by atoms with Crippen LogP contribution in [0.5, 0.6) is 0 Å². The maximum Gasteiger partial charge on any atom is 0.476 e. The Hall–Kier alpha value is -2.18. The lowest BCUT2D eigenvalue weighted by molar-refractivity contribution is -0.752. The smallest absolute Gasteiger partial charge is 0.399 e. The van der Waals surface area contributed by atoms with E-state index in [-0.39, 0.29) is 11.3 Å². The van der Waals surface area contributed by atoms with Crippen LogP contribution in [0.4, 0.5) is 5.69 Å². The molecule has 0 aliphatic rings. The first-order chi connectivity index (χ1) is 6.52. The molecule has 0 aromatic heterocycles. The number of nitrogen functional groups attached to an aromatic ring is 1. The molecule has 0 bridgehead atoms. The van der Waals surface area contributed by atoms with E-state index in [2.05, 4.69) is 0 Å². The first kappa shape index (κ1) is 9.90. The van der Waals surface area contributed by atoms with Crippen molar-refractivity contribution in [3.8, 4) is 0 Å². The SMILES string of the molecule is Nc1cccc(C([N+](=O)[O-])[N+](=O)[O-])c1. The third kappa shape index (κ3) is 1.94. The predicted octanol–water partition coefficient (Wildman–Crippen LogP) is 0.821. The maximum absolute atomic E-state index is 10.4. The van der Waals surface area contributed by atoms with E-state index in [0.717, 1.165) is 0 Å². The molecule has 0 atom stereocenters. The van der Waals surface area contributed by atoms with Crippen molar-refractivity contribution in [3.05, 3.63) is 50.1 Å². The van der Waals surface area contributed by atoms with Gasteiger partial charge in [0.15, 0.2) is 0 Å². The lowest BCUT2D eigenvalue weighted by Gasteiger charge is -2.02. The van der Waals surface area contributed by atoms with Crippen molar-refractivity contribution >= 4 is 5.69 Å². The third-order valence-corrected chi connectivity index (χ3v) is 1.61. The van der Waals surface area contributed by atoms with Crippen LogP contribution >= 0.6 is 0 Å². The van der Waals surface area contributed by atoms with Crippen molar-refractivity contribution in [2.24, 2.45) is 0 Å². The molecule has 0 heterocycles. The molecule has 1 rings (SSSR count). The second-order valence-corrected chi connectivity index (χ2v) is 2.61. The average Bonchev–Trinajstić information content (AvgIpc) is 2.02. The van der Waals surface area contributed by atoms with Crippen molar-refractivity contribution in [2.45, 2.75) is 6.17 Å². The summed E-state index contributed by atoms with van der Waals surface area (Å²) in [6.07, 6.45) is -1.95. The van der Waals surface area contributed by atoms with Gasteiger partial charge in [0.1, 0.15) is 15.4 Å². The van der Waals surface area contributed by atoms with Gasteiger partial charge in [0.2, 0.25) is 0 Å². The largest absolute Gasteiger partial charge is 0.476 e. The van der Waals surface area contributed by atoms with Crippen LogP contribution in [0.2, 0.25) is 0 Å². The van der Waals surface area contributed by atoms with Crippen LogP contribution in [0.3, 0.4) is 0 Å². The first-order valence-corrected chi connectivity index (χ1v) is 3.65. The minimum Gasteiger partial charge on any atom is -0.399 e. The molecule has 1 aromatic rings. The number of rotatable bonds is 3. The highest BCUT2D eigenvalue weighted by Gasteiger charge is 2.34. The molecular weight excluding hydrogens is 190 g/mol.